The topological polar surface area (TPSA) is 78.8 Å². The van der Waals surface area contributed by atoms with E-state index >= 15 is 0 Å². The molecule has 6 nitrogen and oxygen atoms in total. The first-order valence-electron chi connectivity index (χ1n) is 13.1. The van der Waals surface area contributed by atoms with Crippen LogP contribution >= 0.6 is 0 Å². The highest BCUT2D eigenvalue weighted by atomic mass is 16.2. The lowest BCUT2D eigenvalue weighted by Crippen LogP contribution is -2.54. The number of imide groups is 1. The minimum atomic E-state index is -1.02. The van der Waals surface area contributed by atoms with Crippen LogP contribution in [0, 0.1) is 18.8 Å². The van der Waals surface area contributed by atoms with Crippen molar-refractivity contribution in [1.29, 1.82) is 0 Å². The molecule has 1 fully saturated rings. The second-order valence-corrected chi connectivity index (χ2v) is 10.4. The van der Waals surface area contributed by atoms with E-state index in [9.17, 15) is 14.4 Å². The molecule has 0 spiro atoms. The molecule has 4 aromatic carbocycles. The van der Waals surface area contributed by atoms with E-state index in [2.05, 4.69) is 10.5 Å². The molecule has 6 heteroatoms. The molecule has 1 saturated heterocycles. The average Bonchev–Trinajstić information content (AvgIpc) is 3.24. The second-order valence-electron chi connectivity index (χ2n) is 10.4. The number of hydrazone groups is 1. The van der Waals surface area contributed by atoms with Gasteiger partial charge in [0, 0.05) is 17.7 Å². The van der Waals surface area contributed by atoms with E-state index in [-0.39, 0.29) is 23.6 Å². The summed E-state index contributed by atoms with van der Waals surface area (Å²) in [5.41, 5.74) is 7.68. The number of carbonyl (C=O) groups is 3. The van der Waals surface area contributed by atoms with Crippen molar-refractivity contribution >= 4 is 29.6 Å². The fourth-order valence-corrected chi connectivity index (χ4v) is 6.84. The Labute approximate surface area is 226 Å². The Morgan fingerprint density at radius 2 is 1.38 bits per heavy atom. The zero-order valence-electron chi connectivity index (χ0n) is 21.2. The smallest absolute Gasteiger partial charge is 0.271 e. The Morgan fingerprint density at radius 3 is 2.03 bits per heavy atom. The summed E-state index contributed by atoms with van der Waals surface area (Å²) < 4.78 is 0. The first-order chi connectivity index (χ1) is 19.0. The molecule has 1 N–H and O–H groups in total. The normalized spacial score (nSPS) is 24.4. The molecule has 190 valence electrons. The summed E-state index contributed by atoms with van der Waals surface area (Å²) in [6.45, 7) is 1.96. The highest BCUT2D eigenvalue weighted by Gasteiger charge is 2.68. The first kappa shape index (κ1) is 23.3. The molecular weight excluding hydrogens is 486 g/mol. The number of hydrogen-bond donors (Lipinski definition) is 1. The van der Waals surface area contributed by atoms with Crippen LogP contribution < -0.4 is 10.3 Å². The maximum Gasteiger partial charge on any atom is 0.271 e. The Bertz CT molecular complexity index is 1630. The van der Waals surface area contributed by atoms with Gasteiger partial charge in [-0.3, -0.25) is 14.4 Å². The predicted octanol–water partition coefficient (Wildman–Crippen LogP) is 4.96. The van der Waals surface area contributed by atoms with E-state index in [1.54, 1.807) is 30.5 Å². The van der Waals surface area contributed by atoms with Crippen molar-refractivity contribution in [2.75, 3.05) is 4.90 Å². The minimum Gasteiger partial charge on any atom is -0.274 e. The standard InChI is InChI=1S/C33H25N3O3/c1-20-15-17-21(18-16-20)30(37)35-34-19-33-25-13-7-5-11-23(25)27(24-12-6-8-14-26(24)33)28-29(33)32(39)36(31(28)38)22-9-3-2-4-10-22/h2-19,27-29H,1H3,(H,35,37)/b34-19-/t27?,28-,29-,33?/m1/s1. The van der Waals surface area contributed by atoms with Gasteiger partial charge in [0.15, 0.2) is 0 Å². The number of para-hydroxylation sites is 1. The summed E-state index contributed by atoms with van der Waals surface area (Å²) in [7, 11) is 0. The van der Waals surface area contributed by atoms with Gasteiger partial charge in [0.25, 0.3) is 5.91 Å². The van der Waals surface area contributed by atoms with Crippen LogP contribution in [0.25, 0.3) is 0 Å². The summed E-state index contributed by atoms with van der Waals surface area (Å²) in [4.78, 5) is 42.6. The minimum absolute atomic E-state index is 0.202. The Kier molecular flexibility index (Phi) is 5.13. The van der Waals surface area contributed by atoms with Crippen LogP contribution in [0.1, 0.15) is 44.1 Å². The van der Waals surface area contributed by atoms with Crippen molar-refractivity contribution in [3.63, 3.8) is 0 Å². The van der Waals surface area contributed by atoms with Crippen molar-refractivity contribution in [3.8, 4) is 0 Å². The van der Waals surface area contributed by atoms with Gasteiger partial charge in [-0.05, 0) is 53.4 Å². The highest BCUT2D eigenvalue weighted by Crippen LogP contribution is 2.63. The van der Waals surface area contributed by atoms with Gasteiger partial charge in [-0.2, -0.15) is 5.10 Å². The quantitative estimate of drug-likeness (QED) is 0.239. The number of benzene rings is 4. The van der Waals surface area contributed by atoms with Crippen LogP contribution in [0.2, 0.25) is 0 Å². The van der Waals surface area contributed by atoms with E-state index < -0.39 is 17.3 Å². The number of amides is 3. The van der Waals surface area contributed by atoms with E-state index in [4.69, 9.17) is 0 Å². The number of rotatable bonds is 4. The third kappa shape index (κ3) is 3.21. The van der Waals surface area contributed by atoms with E-state index in [1.807, 2.05) is 85.8 Å². The highest BCUT2D eigenvalue weighted by molar-refractivity contribution is 6.25. The largest absolute Gasteiger partial charge is 0.274 e. The maximum absolute atomic E-state index is 14.3. The lowest BCUT2D eigenvalue weighted by molar-refractivity contribution is -0.122. The second kappa shape index (κ2) is 8.60. The number of hydrogen-bond acceptors (Lipinski definition) is 4. The average molecular weight is 512 g/mol. The first-order valence-corrected chi connectivity index (χ1v) is 13.1. The third-order valence-corrected chi connectivity index (χ3v) is 8.45. The summed E-state index contributed by atoms with van der Waals surface area (Å²) in [6.07, 6.45) is 1.68. The predicted molar refractivity (Wildman–Crippen MR) is 149 cm³/mol. The maximum atomic E-state index is 14.3. The van der Waals surface area contributed by atoms with Crippen LogP contribution in [0.3, 0.4) is 0 Å². The van der Waals surface area contributed by atoms with Gasteiger partial charge in [-0.1, -0.05) is 84.4 Å². The molecule has 0 saturated carbocycles. The van der Waals surface area contributed by atoms with Crippen molar-refractivity contribution in [1.82, 2.24) is 5.43 Å². The number of nitrogens with zero attached hydrogens (tertiary/aromatic N) is 2. The molecule has 2 bridgehead atoms. The van der Waals surface area contributed by atoms with Gasteiger partial charge < -0.3 is 0 Å². The molecule has 3 amide bonds. The van der Waals surface area contributed by atoms with Crippen molar-refractivity contribution in [2.45, 2.75) is 18.3 Å². The molecule has 39 heavy (non-hydrogen) atoms. The zero-order valence-corrected chi connectivity index (χ0v) is 21.2. The van der Waals surface area contributed by atoms with Gasteiger partial charge in [-0.15, -0.1) is 0 Å². The summed E-state index contributed by atoms with van der Waals surface area (Å²) in [6, 6.07) is 32.3. The zero-order chi connectivity index (χ0) is 26.7. The summed E-state index contributed by atoms with van der Waals surface area (Å²) in [5.74, 6) is -2.31. The van der Waals surface area contributed by atoms with E-state index in [0.717, 1.165) is 27.8 Å². The van der Waals surface area contributed by atoms with Crippen LogP contribution in [-0.4, -0.2) is 23.9 Å². The fourth-order valence-electron chi connectivity index (χ4n) is 6.84. The van der Waals surface area contributed by atoms with Crippen molar-refractivity contribution in [2.24, 2.45) is 16.9 Å². The molecule has 0 unspecified atom stereocenters. The van der Waals surface area contributed by atoms with Crippen molar-refractivity contribution < 1.29 is 14.4 Å². The van der Waals surface area contributed by atoms with Crippen LogP contribution in [-0.2, 0) is 15.0 Å². The van der Waals surface area contributed by atoms with Gasteiger partial charge in [0.1, 0.15) is 0 Å². The Morgan fingerprint density at radius 1 is 0.795 bits per heavy atom. The summed E-state index contributed by atoms with van der Waals surface area (Å²) >= 11 is 0. The number of anilines is 1. The molecule has 1 aliphatic heterocycles. The van der Waals surface area contributed by atoms with Crippen molar-refractivity contribution in [3.05, 3.63) is 137 Å². The van der Waals surface area contributed by atoms with Crippen LogP contribution in [0.15, 0.2) is 108 Å². The van der Waals surface area contributed by atoms with Gasteiger partial charge in [0.05, 0.1) is 22.9 Å². The molecule has 0 aromatic heterocycles. The number of aryl methyl sites for hydroxylation is 1. The van der Waals surface area contributed by atoms with Crippen LogP contribution in [0.4, 0.5) is 5.69 Å². The van der Waals surface area contributed by atoms with Gasteiger partial charge in [-0.25, -0.2) is 10.3 Å². The van der Waals surface area contributed by atoms with E-state index in [1.165, 1.54) is 4.90 Å². The molecular formula is C33H25N3O3. The molecule has 4 aromatic rings. The Balaban J connectivity index is 1.40. The lowest BCUT2D eigenvalue weighted by atomic mass is 9.47. The third-order valence-electron chi connectivity index (χ3n) is 8.45. The SMILES string of the molecule is Cc1ccc(C(=O)N/N=C\C23c4ccccc4C(c4ccccc42)[C@H]2C(=O)N(c4ccccc4)C(=O)[C@@H]23)cc1. The molecule has 2 atom stereocenters. The molecule has 8 rings (SSSR count). The lowest BCUT2D eigenvalue weighted by Gasteiger charge is -2.52. The Hall–Kier alpha value is -4.84. The monoisotopic (exact) mass is 511 g/mol. The number of carbonyl (C=O) groups excluding carboxylic acids is 3. The fraction of sp³-hybridized carbons (Fsp3) is 0.152. The molecule has 0 radical (unpaired) electrons. The molecule has 3 aliphatic carbocycles. The summed E-state index contributed by atoms with van der Waals surface area (Å²) in [5, 5.41) is 4.47. The number of nitrogens with one attached hydrogen (secondary N) is 1. The van der Waals surface area contributed by atoms with Gasteiger partial charge in [0.2, 0.25) is 11.8 Å². The van der Waals surface area contributed by atoms with Crippen LogP contribution in [0.5, 0.6) is 0 Å². The van der Waals surface area contributed by atoms with Gasteiger partial charge >= 0.3 is 0 Å². The van der Waals surface area contributed by atoms with E-state index in [0.29, 0.717) is 11.3 Å². The molecule has 4 aliphatic rings. The molecule has 1 heterocycles.